The van der Waals surface area contributed by atoms with E-state index in [9.17, 15) is 0 Å². The Morgan fingerprint density at radius 2 is 1.31 bits per heavy atom. The third-order valence-corrected chi connectivity index (χ3v) is 7.07. The zero-order valence-corrected chi connectivity index (χ0v) is 18.9. The molecule has 1 aromatic heterocycles. The van der Waals surface area contributed by atoms with E-state index in [0.29, 0.717) is 0 Å². The summed E-state index contributed by atoms with van der Waals surface area (Å²) >= 11 is 0. The Bertz CT molecular complexity index is 1350. The average Bonchev–Trinajstić information content (AvgIpc) is 3.12. The number of anilines is 4. The molecule has 2 aliphatic heterocycles. The number of hydrogen-bond donors (Lipinski definition) is 0. The summed E-state index contributed by atoms with van der Waals surface area (Å²) in [6, 6.07) is 29.0. The van der Waals surface area contributed by atoms with E-state index in [1.165, 1.54) is 50.6 Å². The number of nitrogens with zero attached hydrogens (tertiary/aromatic N) is 3. The molecular formula is C28H27BN3+. The Hall–Kier alpha value is -3.53. The van der Waals surface area contributed by atoms with Crippen LogP contribution in [0.1, 0.15) is 22.3 Å². The van der Waals surface area contributed by atoms with Crippen molar-refractivity contribution in [3.8, 4) is 0 Å². The molecule has 2 aliphatic rings. The summed E-state index contributed by atoms with van der Waals surface area (Å²) in [6.45, 7) is 4.55. The fourth-order valence-electron chi connectivity index (χ4n) is 5.59. The molecule has 0 unspecified atom stereocenters. The summed E-state index contributed by atoms with van der Waals surface area (Å²) in [5.41, 5.74) is 10.8. The van der Waals surface area contributed by atoms with Crippen molar-refractivity contribution in [2.75, 3.05) is 9.62 Å². The second-order valence-corrected chi connectivity index (χ2v) is 9.00. The van der Waals surface area contributed by atoms with Crippen molar-refractivity contribution < 1.29 is 4.57 Å². The first-order valence-corrected chi connectivity index (χ1v) is 11.4. The minimum Gasteiger partial charge on any atom is -0.333 e. The summed E-state index contributed by atoms with van der Waals surface area (Å²) in [5, 5.41) is 0. The highest BCUT2D eigenvalue weighted by Gasteiger charge is 2.54. The third kappa shape index (κ3) is 2.72. The van der Waals surface area contributed by atoms with Gasteiger partial charge in [0.25, 0.3) is 5.82 Å². The van der Waals surface area contributed by atoms with Gasteiger partial charge in [0.2, 0.25) is 0 Å². The number of aryl methyl sites for hydroxylation is 5. The van der Waals surface area contributed by atoms with Crippen molar-refractivity contribution in [3.63, 3.8) is 0 Å². The number of hydrogen-bond acceptors (Lipinski definition) is 2. The van der Waals surface area contributed by atoms with Gasteiger partial charge in [-0.15, -0.1) is 0 Å². The largest absolute Gasteiger partial charge is 0.543 e. The van der Waals surface area contributed by atoms with E-state index in [1.807, 2.05) is 0 Å². The Labute approximate surface area is 190 Å². The Morgan fingerprint density at radius 1 is 0.656 bits per heavy atom. The van der Waals surface area contributed by atoms with Crippen molar-refractivity contribution in [2.24, 2.45) is 7.05 Å². The predicted octanol–water partition coefficient (Wildman–Crippen LogP) is 4.91. The number of fused-ring (bicyclic) bond motifs is 7. The molecule has 0 spiro atoms. The molecule has 0 radical (unpaired) electrons. The molecule has 0 amide bonds. The van der Waals surface area contributed by atoms with Crippen LogP contribution in [-0.2, 0) is 19.9 Å². The summed E-state index contributed by atoms with van der Waals surface area (Å²) in [5.74, 6) is 1.23. The van der Waals surface area contributed by atoms with Crippen LogP contribution in [0.25, 0.3) is 0 Å². The van der Waals surface area contributed by atoms with Crippen LogP contribution in [0, 0.1) is 13.8 Å². The lowest BCUT2D eigenvalue weighted by Gasteiger charge is -2.31. The first-order valence-electron chi connectivity index (χ1n) is 11.4. The maximum Gasteiger partial charge on any atom is 0.543 e. The fraction of sp³-hybridized carbons (Fsp3) is 0.179. The van der Waals surface area contributed by atoms with Crippen molar-refractivity contribution in [1.29, 1.82) is 0 Å². The van der Waals surface area contributed by atoms with Gasteiger partial charge in [-0.05, 0) is 73.2 Å². The van der Waals surface area contributed by atoms with Gasteiger partial charge >= 0.3 is 6.98 Å². The highest BCUT2D eigenvalue weighted by Crippen LogP contribution is 2.46. The molecule has 0 N–H and O–H groups in total. The van der Waals surface area contributed by atoms with Gasteiger partial charge in [0.15, 0.2) is 0 Å². The SMILES string of the molecule is Cc1ccccc1N1B2c3c(C)cccc3CCc3ccccc3N2c2ccc[n+](C)c21. The summed E-state index contributed by atoms with van der Waals surface area (Å²) in [6.07, 6.45) is 4.27. The number of aromatic nitrogens is 1. The quantitative estimate of drug-likeness (QED) is 0.322. The van der Waals surface area contributed by atoms with Crippen molar-refractivity contribution >= 4 is 35.3 Å². The van der Waals surface area contributed by atoms with E-state index < -0.39 is 0 Å². The standard InChI is InChI=1S/C28H27BN3/c1-20-10-4-6-14-24(20)32-28-26(16-9-19-30(28)3)31-25-15-7-5-12-22(25)17-18-23-13-8-11-21(2)27(23)29(31)32/h4-16,19H,17-18H2,1-3H3/q+1. The highest BCUT2D eigenvalue weighted by atomic mass is 15.4. The highest BCUT2D eigenvalue weighted by molar-refractivity contribution is 6.85. The Kier molecular flexibility index (Phi) is 4.36. The third-order valence-electron chi connectivity index (χ3n) is 7.07. The smallest absolute Gasteiger partial charge is 0.333 e. The van der Waals surface area contributed by atoms with Crippen LogP contribution in [-0.4, -0.2) is 6.98 Å². The van der Waals surface area contributed by atoms with Gasteiger partial charge in [-0.1, -0.05) is 54.6 Å². The minimum absolute atomic E-state index is 0.0670. The van der Waals surface area contributed by atoms with Gasteiger partial charge in [0.1, 0.15) is 11.4 Å². The van der Waals surface area contributed by atoms with E-state index in [4.69, 9.17) is 0 Å². The van der Waals surface area contributed by atoms with Gasteiger partial charge in [0.05, 0.1) is 13.2 Å². The van der Waals surface area contributed by atoms with Crippen LogP contribution in [0.2, 0.25) is 0 Å². The molecule has 0 saturated heterocycles. The van der Waals surface area contributed by atoms with Crippen LogP contribution < -0.4 is 19.7 Å². The van der Waals surface area contributed by atoms with Crippen molar-refractivity contribution in [2.45, 2.75) is 26.7 Å². The molecule has 156 valence electrons. The van der Waals surface area contributed by atoms with Crippen LogP contribution in [0.4, 0.5) is 22.9 Å². The van der Waals surface area contributed by atoms with E-state index in [0.717, 1.165) is 12.8 Å². The van der Waals surface area contributed by atoms with Gasteiger partial charge in [-0.25, -0.2) is 4.57 Å². The molecule has 4 heteroatoms. The Morgan fingerprint density at radius 3 is 2.16 bits per heavy atom. The summed E-state index contributed by atoms with van der Waals surface area (Å²) < 4.78 is 2.27. The molecule has 3 nitrogen and oxygen atoms in total. The van der Waals surface area contributed by atoms with E-state index in [1.54, 1.807) is 0 Å². The normalized spacial score (nSPS) is 14.3. The molecule has 0 saturated carbocycles. The Balaban J connectivity index is 1.73. The van der Waals surface area contributed by atoms with E-state index >= 15 is 0 Å². The van der Waals surface area contributed by atoms with Gasteiger partial charge < -0.3 is 4.81 Å². The molecule has 0 aliphatic carbocycles. The van der Waals surface area contributed by atoms with Crippen LogP contribution in [0.15, 0.2) is 85.1 Å². The number of rotatable bonds is 1. The second-order valence-electron chi connectivity index (χ2n) is 9.00. The lowest BCUT2D eigenvalue weighted by atomic mass is 9.59. The van der Waals surface area contributed by atoms with Gasteiger partial charge in [0, 0.05) is 11.2 Å². The second kappa shape index (κ2) is 7.27. The molecule has 0 atom stereocenters. The van der Waals surface area contributed by atoms with Crippen LogP contribution in [0.5, 0.6) is 0 Å². The van der Waals surface area contributed by atoms with Gasteiger partial charge in [-0.3, -0.25) is 4.81 Å². The first-order chi connectivity index (χ1) is 15.6. The lowest BCUT2D eigenvalue weighted by Crippen LogP contribution is -2.57. The van der Waals surface area contributed by atoms with Crippen LogP contribution >= 0.6 is 0 Å². The van der Waals surface area contributed by atoms with E-state index in [2.05, 4.69) is 120 Å². The molecule has 3 aromatic carbocycles. The fourth-order valence-corrected chi connectivity index (χ4v) is 5.59. The summed E-state index contributed by atoms with van der Waals surface area (Å²) in [7, 11) is 2.16. The van der Waals surface area contributed by atoms with E-state index in [-0.39, 0.29) is 6.98 Å². The van der Waals surface area contributed by atoms with Gasteiger partial charge in [-0.2, -0.15) is 0 Å². The first kappa shape index (κ1) is 19.2. The molecule has 32 heavy (non-hydrogen) atoms. The number of para-hydroxylation sites is 2. The molecule has 0 fully saturated rings. The number of benzene rings is 3. The molecule has 0 bridgehead atoms. The summed E-state index contributed by atoms with van der Waals surface area (Å²) in [4.78, 5) is 5.13. The lowest BCUT2D eigenvalue weighted by molar-refractivity contribution is -0.657. The predicted molar refractivity (Wildman–Crippen MR) is 133 cm³/mol. The molecular weight excluding hydrogens is 389 g/mol. The monoisotopic (exact) mass is 416 g/mol. The minimum atomic E-state index is 0.0670. The molecule has 4 aromatic rings. The zero-order chi connectivity index (χ0) is 21.8. The van der Waals surface area contributed by atoms with Crippen LogP contribution in [0.3, 0.4) is 0 Å². The number of pyridine rings is 1. The van der Waals surface area contributed by atoms with Crippen molar-refractivity contribution in [1.82, 2.24) is 0 Å². The average molecular weight is 416 g/mol. The molecule has 3 heterocycles. The van der Waals surface area contributed by atoms with Crippen molar-refractivity contribution in [3.05, 3.63) is 107 Å². The maximum absolute atomic E-state index is 2.57. The molecule has 6 rings (SSSR count). The maximum atomic E-state index is 2.57. The topological polar surface area (TPSA) is 10.4 Å². The zero-order valence-electron chi connectivity index (χ0n) is 18.9.